The first-order chi connectivity index (χ1) is 9.50. The average molecular weight is 296 g/mol. The van der Waals surface area contributed by atoms with Crippen LogP contribution < -0.4 is 0 Å². The molecule has 0 amide bonds. The van der Waals surface area contributed by atoms with Crippen molar-refractivity contribution in [2.45, 2.75) is 79.1 Å². The lowest BCUT2D eigenvalue weighted by molar-refractivity contribution is -0.0109. The summed E-state index contributed by atoms with van der Waals surface area (Å²) in [7, 11) is 0. The summed E-state index contributed by atoms with van der Waals surface area (Å²) in [5.41, 5.74) is 3.12. The van der Waals surface area contributed by atoms with Crippen molar-refractivity contribution < 1.29 is 8.78 Å². The fourth-order valence-corrected chi connectivity index (χ4v) is 3.77. The summed E-state index contributed by atoms with van der Waals surface area (Å²) in [6.07, 6.45) is 8.29. The van der Waals surface area contributed by atoms with Gasteiger partial charge >= 0.3 is 0 Å². The van der Waals surface area contributed by atoms with Crippen molar-refractivity contribution in [3.8, 4) is 0 Å². The van der Waals surface area contributed by atoms with Crippen LogP contribution in [0.5, 0.6) is 0 Å². The zero-order chi connectivity index (χ0) is 15.9. The van der Waals surface area contributed by atoms with Gasteiger partial charge in [-0.3, -0.25) is 0 Å². The lowest BCUT2D eigenvalue weighted by Gasteiger charge is -2.34. The molecule has 0 radical (unpaired) electrons. The van der Waals surface area contributed by atoms with Crippen molar-refractivity contribution in [1.29, 1.82) is 0 Å². The van der Waals surface area contributed by atoms with Gasteiger partial charge in [-0.1, -0.05) is 57.9 Å². The van der Waals surface area contributed by atoms with E-state index < -0.39 is 5.92 Å². The molecule has 0 heterocycles. The van der Waals surface area contributed by atoms with E-state index in [1.54, 1.807) is 5.57 Å². The topological polar surface area (TPSA) is 0 Å². The van der Waals surface area contributed by atoms with Crippen molar-refractivity contribution in [1.82, 2.24) is 0 Å². The fourth-order valence-electron chi connectivity index (χ4n) is 3.77. The Kier molecular flexibility index (Phi) is 4.39. The van der Waals surface area contributed by atoms with Gasteiger partial charge in [0.1, 0.15) is 0 Å². The molecule has 0 nitrogen and oxygen atoms in total. The highest BCUT2D eigenvalue weighted by Gasteiger charge is 2.36. The van der Waals surface area contributed by atoms with E-state index in [4.69, 9.17) is 0 Å². The molecule has 2 rings (SSSR count). The van der Waals surface area contributed by atoms with Gasteiger partial charge in [-0.05, 0) is 42.4 Å². The summed E-state index contributed by atoms with van der Waals surface area (Å²) >= 11 is 0. The molecule has 0 fully saturated rings. The summed E-state index contributed by atoms with van der Waals surface area (Å²) in [5.74, 6) is -1.87. The second-order valence-corrected chi connectivity index (χ2v) is 8.62. The van der Waals surface area contributed by atoms with Gasteiger partial charge in [-0.2, -0.15) is 0 Å². The van der Waals surface area contributed by atoms with Crippen molar-refractivity contribution in [3.63, 3.8) is 0 Å². The van der Waals surface area contributed by atoms with Crippen LogP contribution in [-0.2, 0) is 0 Å². The molecule has 1 unspecified atom stereocenters. The molecule has 0 bridgehead atoms. The summed E-state index contributed by atoms with van der Waals surface area (Å²) in [6.45, 7) is 11.3. The van der Waals surface area contributed by atoms with Crippen LogP contribution in [0.4, 0.5) is 8.78 Å². The van der Waals surface area contributed by atoms with Gasteiger partial charge in [-0.25, -0.2) is 8.78 Å². The molecular formula is C19H30F2. The molecule has 0 aliphatic heterocycles. The van der Waals surface area contributed by atoms with Crippen LogP contribution in [-0.4, -0.2) is 5.92 Å². The van der Waals surface area contributed by atoms with Crippen LogP contribution in [0.15, 0.2) is 23.3 Å². The van der Waals surface area contributed by atoms with E-state index in [1.807, 2.05) is 6.08 Å². The first-order valence-electron chi connectivity index (χ1n) is 8.28. The Morgan fingerprint density at radius 3 is 2.24 bits per heavy atom. The smallest absolute Gasteiger partial charge is 0.207 e. The Balaban J connectivity index is 2.03. The van der Waals surface area contributed by atoms with Gasteiger partial charge in [0, 0.05) is 12.8 Å². The van der Waals surface area contributed by atoms with E-state index >= 15 is 0 Å². The van der Waals surface area contributed by atoms with E-state index in [-0.39, 0.29) is 23.7 Å². The molecule has 0 aromatic rings. The maximum Gasteiger partial charge on any atom is 0.251 e. The molecule has 0 saturated carbocycles. The highest BCUT2D eigenvalue weighted by molar-refractivity contribution is 5.21. The summed E-state index contributed by atoms with van der Waals surface area (Å²) in [5, 5.41) is 0. The third kappa shape index (κ3) is 4.17. The molecule has 120 valence electrons. The zero-order valence-corrected chi connectivity index (χ0v) is 14.2. The van der Waals surface area contributed by atoms with Crippen LogP contribution in [0.25, 0.3) is 0 Å². The van der Waals surface area contributed by atoms with Gasteiger partial charge in [-0.15, -0.1) is 0 Å². The standard InChI is InChI=1S/C19H30F2/c1-17(2,3)16-7-6-14(12-16)13-18(4,5)15-8-10-19(20,21)11-9-15/h8,12,14H,6-7,9-11,13H2,1-5H3. The number of hydrogen-bond acceptors (Lipinski definition) is 0. The van der Waals surface area contributed by atoms with Gasteiger partial charge < -0.3 is 0 Å². The van der Waals surface area contributed by atoms with Gasteiger partial charge in [0.05, 0.1) is 0 Å². The number of hydrogen-bond donors (Lipinski definition) is 0. The Hall–Kier alpha value is -0.660. The molecule has 2 heteroatoms. The molecular weight excluding hydrogens is 266 g/mol. The van der Waals surface area contributed by atoms with E-state index in [1.165, 1.54) is 18.4 Å². The monoisotopic (exact) mass is 296 g/mol. The van der Waals surface area contributed by atoms with E-state index in [0.717, 1.165) is 6.42 Å². The molecule has 0 saturated heterocycles. The normalized spacial score (nSPS) is 26.5. The molecule has 2 aliphatic carbocycles. The second kappa shape index (κ2) is 5.52. The summed E-state index contributed by atoms with van der Waals surface area (Å²) < 4.78 is 26.6. The third-order valence-electron chi connectivity index (χ3n) is 5.23. The Labute approximate surface area is 128 Å². The molecule has 0 aromatic heterocycles. The molecule has 1 atom stereocenters. The SMILES string of the molecule is CC(C)(C)C1=CC(CC(C)(C)C2=CCC(F)(F)CC2)CC1. The molecule has 21 heavy (non-hydrogen) atoms. The van der Waals surface area contributed by atoms with E-state index in [9.17, 15) is 8.78 Å². The minimum absolute atomic E-state index is 0.0238. The highest BCUT2D eigenvalue weighted by atomic mass is 19.3. The van der Waals surface area contributed by atoms with Gasteiger partial charge in [0.15, 0.2) is 0 Å². The van der Waals surface area contributed by atoms with Crippen molar-refractivity contribution in [3.05, 3.63) is 23.3 Å². The first kappa shape index (κ1) is 16.7. The zero-order valence-electron chi connectivity index (χ0n) is 14.2. The Morgan fingerprint density at radius 2 is 1.76 bits per heavy atom. The fraction of sp³-hybridized carbons (Fsp3) is 0.789. The van der Waals surface area contributed by atoms with E-state index in [0.29, 0.717) is 12.3 Å². The molecule has 0 spiro atoms. The largest absolute Gasteiger partial charge is 0.251 e. The molecule has 2 aliphatic rings. The van der Waals surface area contributed by atoms with Crippen LogP contribution in [0.2, 0.25) is 0 Å². The second-order valence-electron chi connectivity index (χ2n) is 8.62. The summed E-state index contributed by atoms with van der Waals surface area (Å²) in [6, 6.07) is 0. The lowest BCUT2D eigenvalue weighted by atomic mass is 9.72. The minimum Gasteiger partial charge on any atom is -0.207 e. The number of allylic oxidation sites excluding steroid dienone is 4. The number of alkyl halides is 2. The highest BCUT2D eigenvalue weighted by Crippen LogP contribution is 2.46. The predicted octanol–water partition coefficient (Wildman–Crippen LogP) is 6.53. The van der Waals surface area contributed by atoms with Crippen molar-refractivity contribution in [2.75, 3.05) is 0 Å². The molecule has 0 aromatic carbocycles. The maximum absolute atomic E-state index is 13.3. The average Bonchev–Trinajstić information content (AvgIpc) is 2.75. The third-order valence-corrected chi connectivity index (χ3v) is 5.23. The Bertz CT molecular complexity index is 447. The first-order valence-corrected chi connectivity index (χ1v) is 8.28. The predicted molar refractivity (Wildman–Crippen MR) is 85.5 cm³/mol. The van der Waals surface area contributed by atoms with E-state index in [2.05, 4.69) is 40.7 Å². The quantitative estimate of drug-likeness (QED) is 0.519. The van der Waals surface area contributed by atoms with Crippen LogP contribution in [0.1, 0.15) is 73.1 Å². The van der Waals surface area contributed by atoms with Gasteiger partial charge in [0.2, 0.25) is 0 Å². The van der Waals surface area contributed by atoms with Crippen molar-refractivity contribution in [2.24, 2.45) is 16.7 Å². The maximum atomic E-state index is 13.3. The summed E-state index contributed by atoms with van der Waals surface area (Å²) in [4.78, 5) is 0. The number of halogens is 2. The van der Waals surface area contributed by atoms with Crippen LogP contribution in [0, 0.1) is 16.7 Å². The lowest BCUT2D eigenvalue weighted by Crippen LogP contribution is -2.25. The molecule has 0 N–H and O–H groups in total. The number of rotatable bonds is 3. The minimum atomic E-state index is -2.48. The van der Waals surface area contributed by atoms with Crippen molar-refractivity contribution >= 4 is 0 Å². The van der Waals surface area contributed by atoms with Crippen LogP contribution >= 0.6 is 0 Å². The van der Waals surface area contributed by atoms with Gasteiger partial charge in [0.25, 0.3) is 5.92 Å². The Morgan fingerprint density at radius 1 is 1.10 bits per heavy atom. The van der Waals surface area contributed by atoms with Crippen LogP contribution in [0.3, 0.4) is 0 Å².